The van der Waals surface area contributed by atoms with E-state index in [0.717, 1.165) is 27.6 Å². The molecule has 2 N–H and O–H groups in total. The Kier molecular flexibility index (Phi) is 5.76. The van der Waals surface area contributed by atoms with E-state index >= 15 is 0 Å². The van der Waals surface area contributed by atoms with Crippen LogP contribution in [0.3, 0.4) is 0 Å². The highest BCUT2D eigenvalue weighted by Gasteiger charge is 2.14. The third-order valence-electron chi connectivity index (χ3n) is 2.83. The molecule has 1 aromatic carbocycles. The predicted octanol–water partition coefficient (Wildman–Crippen LogP) is 4.68. The molecule has 1 amide bonds. The van der Waals surface area contributed by atoms with Gasteiger partial charge in [-0.1, -0.05) is 13.0 Å². The number of para-hydroxylation sites is 1. The monoisotopic (exact) mass is 411 g/mol. The summed E-state index contributed by atoms with van der Waals surface area (Å²) in [4.78, 5) is 16.5. The minimum absolute atomic E-state index is 0.200. The van der Waals surface area contributed by atoms with Crippen LogP contribution in [-0.2, 0) is 0 Å². The Balaban J connectivity index is 2.25. The maximum Gasteiger partial charge on any atom is 0.259 e. The Morgan fingerprint density at radius 3 is 2.62 bits per heavy atom. The van der Waals surface area contributed by atoms with Crippen LogP contribution in [-0.4, -0.2) is 17.4 Å². The first-order valence-electron chi connectivity index (χ1n) is 6.56. The van der Waals surface area contributed by atoms with Crippen LogP contribution < -0.4 is 10.6 Å². The normalized spacial score (nSPS) is 10.2. The number of amides is 1. The molecule has 6 heteroatoms. The van der Waals surface area contributed by atoms with E-state index in [9.17, 15) is 4.79 Å². The van der Waals surface area contributed by atoms with E-state index in [1.54, 1.807) is 18.5 Å². The van der Waals surface area contributed by atoms with Crippen LogP contribution in [0.5, 0.6) is 0 Å². The maximum atomic E-state index is 12.5. The van der Waals surface area contributed by atoms with Crippen LogP contribution >= 0.6 is 31.9 Å². The molecule has 0 aliphatic rings. The molecule has 21 heavy (non-hydrogen) atoms. The number of aromatic nitrogens is 1. The molecule has 1 aromatic heterocycles. The van der Waals surface area contributed by atoms with Crippen molar-refractivity contribution in [3.63, 3.8) is 0 Å². The average Bonchev–Trinajstić information content (AvgIpc) is 2.49. The van der Waals surface area contributed by atoms with Gasteiger partial charge in [-0.25, -0.2) is 0 Å². The molecule has 0 aliphatic heterocycles. The highest BCUT2D eigenvalue weighted by Crippen LogP contribution is 2.31. The molecule has 2 aromatic rings. The van der Waals surface area contributed by atoms with Gasteiger partial charge in [0, 0.05) is 27.9 Å². The smallest absolute Gasteiger partial charge is 0.259 e. The van der Waals surface area contributed by atoms with Crippen molar-refractivity contribution in [2.45, 2.75) is 13.3 Å². The van der Waals surface area contributed by atoms with Crippen LogP contribution in [0.1, 0.15) is 23.7 Å². The Morgan fingerprint density at radius 2 is 1.95 bits per heavy atom. The molecule has 0 aliphatic carbocycles. The highest BCUT2D eigenvalue weighted by molar-refractivity contribution is 9.11. The van der Waals surface area contributed by atoms with Crippen LogP contribution in [0.4, 0.5) is 11.4 Å². The van der Waals surface area contributed by atoms with Gasteiger partial charge in [0.25, 0.3) is 5.91 Å². The van der Waals surface area contributed by atoms with Gasteiger partial charge in [0.1, 0.15) is 0 Å². The average molecular weight is 413 g/mol. The van der Waals surface area contributed by atoms with E-state index < -0.39 is 0 Å². The molecule has 0 fully saturated rings. The van der Waals surface area contributed by atoms with Crippen molar-refractivity contribution in [3.8, 4) is 0 Å². The van der Waals surface area contributed by atoms with Gasteiger partial charge in [-0.2, -0.15) is 0 Å². The standard InChI is InChI=1S/C15H15Br2N3O/c1-2-7-19-13-6-8-18-9-10(13)15(21)20-14-11(16)4-3-5-12(14)17/h3-6,8-9H,2,7H2,1H3,(H,18,19)(H,20,21). The molecule has 0 atom stereocenters. The number of anilines is 2. The lowest BCUT2D eigenvalue weighted by Gasteiger charge is -2.13. The number of nitrogens with zero attached hydrogens (tertiary/aromatic N) is 1. The van der Waals surface area contributed by atoms with Gasteiger partial charge >= 0.3 is 0 Å². The second-order valence-electron chi connectivity index (χ2n) is 4.40. The SMILES string of the molecule is CCCNc1ccncc1C(=O)Nc1c(Br)cccc1Br. The third-order valence-corrected chi connectivity index (χ3v) is 4.15. The van der Waals surface area contributed by atoms with Crippen molar-refractivity contribution in [1.29, 1.82) is 0 Å². The van der Waals surface area contributed by atoms with Crippen LogP contribution in [0, 0.1) is 0 Å². The summed E-state index contributed by atoms with van der Waals surface area (Å²) in [5.74, 6) is -0.200. The summed E-state index contributed by atoms with van der Waals surface area (Å²) in [6.45, 7) is 2.88. The summed E-state index contributed by atoms with van der Waals surface area (Å²) in [5.41, 5.74) is 2.01. The zero-order valence-electron chi connectivity index (χ0n) is 11.5. The van der Waals surface area contributed by atoms with Crippen molar-refractivity contribution in [2.24, 2.45) is 0 Å². The van der Waals surface area contributed by atoms with Gasteiger partial charge in [-0.3, -0.25) is 9.78 Å². The quantitative estimate of drug-likeness (QED) is 0.749. The van der Waals surface area contributed by atoms with Gasteiger partial charge in [0.2, 0.25) is 0 Å². The lowest BCUT2D eigenvalue weighted by molar-refractivity contribution is 0.102. The van der Waals surface area contributed by atoms with Gasteiger partial charge in [0.15, 0.2) is 0 Å². The van der Waals surface area contributed by atoms with Gasteiger partial charge in [-0.15, -0.1) is 0 Å². The van der Waals surface area contributed by atoms with Crippen LogP contribution in [0.15, 0.2) is 45.6 Å². The first kappa shape index (κ1) is 16.0. The number of benzene rings is 1. The minimum Gasteiger partial charge on any atom is -0.384 e. The van der Waals surface area contributed by atoms with E-state index in [2.05, 4.69) is 54.4 Å². The van der Waals surface area contributed by atoms with Crippen molar-refractivity contribution < 1.29 is 4.79 Å². The second kappa shape index (κ2) is 7.56. The number of carbonyl (C=O) groups excluding carboxylic acids is 1. The van der Waals surface area contributed by atoms with Crippen LogP contribution in [0.25, 0.3) is 0 Å². The summed E-state index contributed by atoms with van der Waals surface area (Å²) in [6.07, 6.45) is 4.22. The van der Waals surface area contributed by atoms with E-state index in [1.165, 1.54) is 0 Å². The molecule has 0 saturated carbocycles. The van der Waals surface area contributed by atoms with Crippen molar-refractivity contribution in [2.75, 3.05) is 17.2 Å². The number of nitrogens with one attached hydrogen (secondary N) is 2. The zero-order valence-corrected chi connectivity index (χ0v) is 14.7. The van der Waals surface area contributed by atoms with Gasteiger partial charge in [-0.05, 0) is 56.5 Å². The summed E-state index contributed by atoms with van der Waals surface area (Å²) in [7, 11) is 0. The number of rotatable bonds is 5. The molecule has 0 unspecified atom stereocenters. The first-order valence-corrected chi connectivity index (χ1v) is 8.15. The predicted molar refractivity (Wildman–Crippen MR) is 92.8 cm³/mol. The Morgan fingerprint density at radius 1 is 1.24 bits per heavy atom. The number of hydrogen-bond donors (Lipinski definition) is 2. The van der Waals surface area contributed by atoms with Gasteiger partial charge < -0.3 is 10.6 Å². The van der Waals surface area contributed by atoms with E-state index in [4.69, 9.17) is 0 Å². The topological polar surface area (TPSA) is 54.0 Å². The Bertz CT molecular complexity index is 626. The number of pyridine rings is 1. The largest absolute Gasteiger partial charge is 0.384 e. The maximum absolute atomic E-state index is 12.5. The third kappa shape index (κ3) is 4.04. The molecule has 0 spiro atoms. The molecular formula is C15H15Br2N3O. The molecule has 110 valence electrons. The number of carbonyl (C=O) groups is 1. The molecule has 0 bridgehead atoms. The molecule has 2 rings (SSSR count). The lowest BCUT2D eigenvalue weighted by atomic mass is 10.2. The van der Waals surface area contributed by atoms with Crippen molar-refractivity contribution in [1.82, 2.24) is 4.98 Å². The summed E-state index contributed by atoms with van der Waals surface area (Å²) in [5, 5.41) is 6.13. The van der Waals surface area contributed by atoms with Crippen molar-refractivity contribution in [3.05, 3.63) is 51.2 Å². The van der Waals surface area contributed by atoms with E-state index in [0.29, 0.717) is 11.3 Å². The molecule has 1 heterocycles. The fourth-order valence-electron chi connectivity index (χ4n) is 1.79. The summed E-state index contributed by atoms with van der Waals surface area (Å²) >= 11 is 6.87. The van der Waals surface area contributed by atoms with Crippen LogP contribution in [0.2, 0.25) is 0 Å². The molecule has 4 nitrogen and oxygen atoms in total. The molecular weight excluding hydrogens is 398 g/mol. The van der Waals surface area contributed by atoms with E-state index in [-0.39, 0.29) is 5.91 Å². The van der Waals surface area contributed by atoms with Gasteiger partial charge in [0.05, 0.1) is 16.9 Å². The number of halogens is 2. The lowest BCUT2D eigenvalue weighted by Crippen LogP contribution is -2.16. The fourth-order valence-corrected chi connectivity index (χ4v) is 2.98. The Hall–Kier alpha value is -1.40. The van der Waals surface area contributed by atoms with E-state index in [1.807, 2.05) is 18.2 Å². The second-order valence-corrected chi connectivity index (χ2v) is 6.11. The number of hydrogen-bond acceptors (Lipinski definition) is 3. The zero-order chi connectivity index (χ0) is 15.2. The molecule has 0 saturated heterocycles. The Labute approximate surface area is 140 Å². The first-order chi connectivity index (χ1) is 10.1. The summed E-state index contributed by atoms with van der Waals surface area (Å²) in [6, 6.07) is 7.45. The highest BCUT2D eigenvalue weighted by atomic mass is 79.9. The minimum atomic E-state index is -0.200. The summed E-state index contributed by atoms with van der Waals surface area (Å²) < 4.78 is 1.63. The fraction of sp³-hybridized carbons (Fsp3) is 0.200. The van der Waals surface area contributed by atoms with Crippen molar-refractivity contribution >= 4 is 49.1 Å². The molecule has 0 radical (unpaired) electrons.